The zero-order valence-corrected chi connectivity index (χ0v) is 11.9. The van der Waals surface area contributed by atoms with Crippen LogP contribution in [-0.2, 0) is 4.74 Å². The lowest BCUT2D eigenvalue weighted by Crippen LogP contribution is -2.19. The van der Waals surface area contributed by atoms with Gasteiger partial charge >= 0.3 is 0 Å². The summed E-state index contributed by atoms with van der Waals surface area (Å²) in [5.74, 6) is 1.61. The fraction of sp³-hybridized carbons (Fsp3) is 0.438. The molecule has 0 N–H and O–H groups in total. The van der Waals surface area contributed by atoms with Crippen molar-refractivity contribution in [2.45, 2.75) is 46.1 Å². The molecule has 2 rings (SSSR count). The first-order valence-electron chi connectivity index (χ1n) is 6.49. The SMILES string of the molecule is C=C1OC(CC)=NC1(C)CC.Cc1ccccc1. The number of aryl methyl sites for hydroxylation is 1. The van der Waals surface area contributed by atoms with Crippen LogP contribution < -0.4 is 0 Å². The van der Waals surface area contributed by atoms with Crippen molar-refractivity contribution in [3.05, 3.63) is 48.2 Å². The van der Waals surface area contributed by atoms with Gasteiger partial charge in [-0.25, -0.2) is 4.99 Å². The molecule has 0 bridgehead atoms. The number of hydrogen-bond donors (Lipinski definition) is 0. The van der Waals surface area contributed by atoms with Gasteiger partial charge in [-0.3, -0.25) is 0 Å². The molecule has 0 amide bonds. The molecule has 2 heteroatoms. The average molecular weight is 245 g/mol. The molecule has 1 aliphatic rings. The number of aliphatic imine (C=N–C) groups is 1. The van der Waals surface area contributed by atoms with Crippen LogP contribution in [0.2, 0.25) is 0 Å². The maximum atomic E-state index is 5.37. The average Bonchev–Trinajstić information content (AvgIpc) is 2.68. The van der Waals surface area contributed by atoms with Crippen molar-refractivity contribution >= 4 is 5.90 Å². The van der Waals surface area contributed by atoms with Crippen molar-refractivity contribution in [1.29, 1.82) is 0 Å². The van der Waals surface area contributed by atoms with E-state index in [0.717, 1.165) is 24.5 Å². The van der Waals surface area contributed by atoms with Gasteiger partial charge < -0.3 is 4.74 Å². The molecule has 98 valence electrons. The van der Waals surface area contributed by atoms with Crippen LogP contribution in [0.15, 0.2) is 47.7 Å². The number of rotatable bonds is 2. The van der Waals surface area contributed by atoms with Gasteiger partial charge in [0.2, 0.25) is 0 Å². The smallest absolute Gasteiger partial charge is 0.190 e. The van der Waals surface area contributed by atoms with Crippen molar-refractivity contribution < 1.29 is 4.74 Å². The Kier molecular flexibility index (Phi) is 5.14. The second-order valence-electron chi connectivity index (χ2n) is 4.67. The Morgan fingerprint density at radius 1 is 1.22 bits per heavy atom. The molecule has 1 atom stereocenters. The number of benzene rings is 1. The van der Waals surface area contributed by atoms with Gasteiger partial charge in [-0.2, -0.15) is 0 Å². The van der Waals surface area contributed by atoms with Gasteiger partial charge in [-0.15, -0.1) is 0 Å². The predicted molar refractivity (Wildman–Crippen MR) is 77.8 cm³/mol. The monoisotopic (exact) mass is 245 g/mol. The lowest BCUT2D eigenvalue weighted by atomic mass is 9.99. The van der Waals surface area contributed by atoms with Crippen LogP contribution in [0.4, 0.5) is 0 Å². The Morgan fingerprint density at radius 3 is 2.11 bits per heavy atom. The molecule has 1 aliphatic heterocycles. The minimum Gasteiger partial charge on any atom is -0.446 e. The van der Waals surface area contributed by atoms with E-state index in [2.05, 4.69) is 44.5 Å². The Morgan fingerprint density at radius 2 is 1.83 bits per heavy atom. The molecule has 0 saturated heterocycles. The maximum absolute atomic E-state index is 5.37. The molecule has 0 saturated carbocycles. The number of hydrogen-bond acceptors (Lipinski definition) is 2. The van der Waals surface area contributed by atoms with Gasteiger partial charge in [0.1, 0.15) is 11.3 Å². The van der Waals surface area contributed by atoms with Crippen LogP contribution in [0.25, 0.3) is 0 Å². The molecule has 0 spiro atoms. The van der Waals surface area contributed by atoms with E-state index in [1.165, 1.54) is 5.56 Å². The van der Waals surface area contributed by atoms with Crippen molar-refractivity contribution in [3.63, 3.8) is 0 Å². The highest BCUT2D eigenvalue weighted by molar-refractivity contribution is 5.80. The first-order chi connectivity index (χ1) is 8.51. The predicted octanol–water partition coefficient (Wildman–Crippen LogP) is 4.50. The van der Waals surface area contributed by atoms with E-state index >= 15 is 0 Å². The van der Waals surface area contributed by atoms with Gasteiger partial charge in [0.25, 0.3) is 0 Å². The Bertz CT molecular complexity index is 422. The van der Waals surface area contributed by atoms with Crippen LogP contribution in [0.3, 0.4) is 0 Å². The van der Waals surface area contributed by atoms with E-state index < -0.39 is 0 Å². The minimum absolute atomic E-state index is 0.161. The van der Waals surface area contributed by atoms with Gasteiger partial charge in [-0.1, -0.05) is 56.3 Å². The summed E-state index contributed by atoms with van der Waals surface area (Å²) in [5, 5.41) is 0. The third-order valence-corrected chi connectivity index (χ3v) is 3.14. The van der Waals surface area contributed by atoms with Crippen molar-refractivity contribution in [1.82, 2.24) is 0 Å². The Hall–Kier alpha value is -1.57. The highest BCUT2D eigenvalue weighted by Crippen LogP contribution is 2.31. The summed E-state index contributed by atoms with van der Waals surface area (Å²) < 4.78 is 5.37. The minimum atomic E-state index is -0.161. The molecular formula is C16H23NO. The first kappa shape index (κ1) is 14.5. The molecule has 1 aromatic carbocycles. The summed E-state index contributed by atoms with van der Waals surface area (Å²) in [5.41, 5.74) is 1.16. The van der Waals surface area contributed by atoms with Crippen LogP contribution in [0, 0.1) is 6.92 Å². The summed E-state index contributed by atoms with van der Waals surface area (Å²) >= 11 is 0. The second-order valence-corrected chi connectivity index (χ2v) is 4.67. The topological polar surface area (TPSA) is 21.6 Å². The Labute approximate surface area is 110 Å². The summed E-state index contributed by atoms with van der Waals surface area (Å²) in [6.45, 7) is 12.1. The third kappa shape index (κ3) is 3.73. The van der Waals surface area contributed by atoms with Crippen molar-refractivity contribution in [3.8, 4) is 0 Å². The molecule has 1 heterocycles. The number of nitrogens with zero attached hydrogens (tertiary/aromatic N) is 1. The van der Waals surface area contributed by atoms with E-state index in [4.69, 9.17) is 4.74 Å². The fourth-order valence-corrected chi connectivity index (χ4v) is 1.57. The zero-order valence-electron chi connectivity index (χ0n) is 11.9. The van der Waals surface area contributed by atoms with Crippen LogP contribution in [0.1, 0.15) is 39.2 Å². The second kappa shape index (κ2) is 6.39. The van der Waals surface area contributed by atoms with Gasteiger partial charge in [-0.05, 0) is 20.3 Å². The molecule has 0 fully saturated rings. The van der Waals surface area contributed by atoms with E-state index in [1.54, 1.807) is 0 Å². The number of ether oxygens (including phenoxy) is 1. The molecule has 0 aliphatic carbocycles. The Balaban J connectivity index is 0.000000199. The van der Waals surface area contributed by atoms with Crippen molar-refractivity contribution in [2.24, 2.45) is 4.99 Å². The quantitative estimate of drug-likeness (QED) is 0.751. The van der Waals surface area contributed by atoms with E-state index in [1.807, 2.05) is 25.1 Å². The standard InChI is InChI=1S/C9H15NO.C7H8/c1-5-8-10-9(4,6-2)7(3)11-8;1-7-5-3-2-4-6-7/h3,5-6H2,1-2,4H3;2-6H,1H3. The van der Waals surface area contributed by atoms with Gasteiger partial charge in [0.15, 0.2) is 5.90 Å². The molecule has 18 heavy (non-hydrogen) atoms. The van der Waals surface area contributed by atoms with Crippen LogP contribution in [-0.4, -0.2) is 11.4 Å². The molecule has 1 aromatic rings. The summed E-state index contributed by atoms with van der Waals surface area (Å²) in [6, 6.07) is 10.3. The van der Waals surface area contributed by atoms with Crippen molar-refractivity contribution in [2.75, 3.05) is 0 Å². The van der Waals surface area contributed by atoms with E-state index in [0.29, 0.717) is 0 Å². The van der Waals surface area contributed by atoms with Crippen LogP contribution >= 0.6 is 0 Å². The molecule has 1 unspecified atom stereocenters. The van der Waals surface area contributed by atoms with E-state index in [9.17, 15) is 0 Å². The third-order valence-electron chi connectivity index (χ3n) is 3.14. The molecule has 2 nitrogen and oxygen atoms in total. The fourth-order valence-electron chi connectivity index (χ4n) is 1.57. The molecular weight excluding hydrogens is 222 g/mol. The first-order valence-corrected chi connectivity index (χ1v) is 6.49. The molecule has 0 radical (unpaired) electrons. The summed E-state index contributed by atoms with van der Waals surface area (Å²) in [6.07, 6.45) is 1.81. The summed E-state index contributed by atoms with van der Waals surface area (Å²) in [4.78, 5) is 4.43. The highest BCUT2D eigenvalue weighted by Gasteiger charge is 2.33. The van der Waals surface area contributed by atoms with Crippen LogP contribution in [0.5, 0.6) is 0 Å². The maximum Gasteiger partial charge on any atom is 0.190 e. The highest BCUT2D eigenvalue weighted by atomic mass is 16.5. The normalized spacial score (nSPS) is 21.8. The van der Waals surface area contributed by atoms with E-state index in [-0.39, 0.29) is 5.54 Å². The summed E-state index contributed by atoms with van der Waals surface area (Å²) in [7, 11) is 0. The lowest BCUT2D eigenvalue weighted by molar-refractivity contribution is 0.360. The van der Waals surface area contributed by atoms with Gasteiger partial charge in [0.05, 0.1) is 0 Å². The van der Waals surface area contributed by atoms with Gasteiger partial charge in [0, 0.05) is 6.42 Å². The zero-order chi connectivity index (χ0) is 13.6. The molecule has 0 aromatic heterocycles. The largest absolute Gasteiger partial charge is 0.446 e. The lowest BCUT2D eigenvalue weighted by Gasteiger charge is -2.16.